The lowest BCUT2D eigenvalue weighted by atomic mass is 10.1. The minimum Gasteiger partial charge on any atom is -0.346 e. The molecule has 0 saturated heterocycles. The van der Waals surface area contributed by atoms with Crippen molar-refractivity contribution in [3.8, 4) is 11.8 Å². The molecule has 0 fully saturated rings. The number of aromatic nitrogens is 2. The first-order chi connectivity index (χ1) is 12.3. The van der Waals surface area contributed by atoms with Gasteiger partial charge >= 0.3 is 0 Å². The van der Waals surface area contributed by atoms with E-state index in [1.807, 2.05) is 12.3 Å². The third-order valence-corrected chi connectivity index (χ3v) is 4.44. The van der Waals surface area contributed by atoms with Gasteiger partial charge in [-0.3, -0.25) is 4.90 Å². The first kappa shape index (κ1) is 15.6. The van der Waals surface area contributed by atoms with Gasteiger partial charge in [0, 0.05) is 36.4 Å². The zero-order valence-electron chi connectivity index (χ0n) is 13.7. The van der Waals surface area contributed by atoms with Gasteiger partial charge in [0.1, 0.15) is 11.5 Å². The maximum atomic E-state index is 13.0. The molecule has 1 N–H and O–H groups in total. The molecule has 0 amide bonds. The summed E-state index contributed by atoms with van der Waals surface area (Å²) >= 11 is 0. The van der Waals surface area contributed by atoms with Crippen molar-refractivity contribution < 1.29 is 4.39 Å². The molecule has 1 aliphatic rings. The summed E-state index contributed by atoms with van der Waals surface area (Å²) in [5.41, 5.74) is 2.98. The van der Waals surface area contributed by atoms with Crippen molar-refractivity contribution in [1.29, 1.82) is 0 Å². The maximum Gasteiger partial charge on any atom is 0.137 e. The first-order valence-corrected chi connectivity index (χ1v) is 8.37. The zero-order chi connectivity index (χ0) is 17.1. The number of hydrogen-bond acceptors (Lipinski definition) is 2. The lowest BCUT2D eigenvalue weighted by Crippen LogP contribution is -2.35. The van der Waals surface area contributed by atoms with Crippen LogP contribution in [0, 0.1) is 17.7 Å². The summed E-state index contributed by atoms with van der Waals surface area (Å²) in [6.07, 6.45) is 9.08. The number of H-pyrrole nitrogens is 1. The number of aromatic amines is 1. The molecule has 1 aliphatic heterocycles. The van der Waals surface area contributed by atoms with Gasteiger partial charge in [-0.05, 0) is 48.4 Å². The Kier molecular flexibility index (Phi) is 4.32. The quantitative estimate of drug-likeness (QED) is 0.571. The number of pyridine rings is 1. The minimum absolute atomic E-state index is 0.150. The van der Waals surface area contributed by atoms with Crippen LogP contribution in [0.1, 0.15) is 17.5 Å². The van der Waals surface area contributed by atoms with Gasteiger partial charge in [0.15, 0.2) is 0 Å². The Hall–Kier alpha value is -2.90. The summed E-state index contributed by atoms with van der Waals surface area (Å²) in [5.74, 6) is 6.28. The van der Waals surface area contributed by atoms with Crippen LogP contribution in [-0.4, -0.2) is 27.5 Å². The number of rotatable bonds is 2. The number of halogens is 1. The van der Waals surface area contributed by atoms with E-state index in [0.29, 0.717) is 0 Å². The number of fused-ring (bicyclic) bond motifs is 1. The zero-order valence-corrected chi connectivity index (χ0v) is 13.7. The van der Waals surface area contributed by atoms with Gasteiger partial charge < -0.3 is 4.98 Å². The summed E-state index contributed by atoms with van der Waals surface area (Å²) in [6.45, 7) is 1.69. The van der Waals surface area contributed by atoms with Gasteiger partial charge in [-0.15, -0.1) is 0 Å². The van der Waals surface area contributed by atoms with Crippen molar-refractivity contribution in [1.82, 2.24) is 14.9 Å². The largest absolute Gasteiger partial charge is 0.346 e. The molecule has 1 atom stereocenters. The molecule has 1 aromatic carbocycles. The second-order valence-corrected chi connectivity index (χ2v) is 6.14. The van der Waals surface area contributed by atoms with Gasteiger partial charge in [-0.25, -0.2) is 9.37 Å². The molecule has 0 saturated carbocycles. The van der Waals surface area contributed by atoms with E-state index in [9.17, 15) is 4.39 Å². The third kappa shape index (κ3) is 3.47. The maximum absolute atomic E-state index is 13.0. The highest BCUT2D eigenvalue weighted by Crippen LogP contribution is 2.21. The van der Waals surface area contributed by atoms with Crippen LogP contribution in [0.15, 0.2) is 60.9 Å². The molecule has 3 nitrogen and oxygen atoms in total. The van der Waals surface area contributed by atoms with E-state index in [1.165, 1.54) is 17.7 Å². The van der Waals surface area contributed by atoms with Gasteiger partial charge in [0.2, 0.25) is 0 Å². The molecule has 0 spiro atoms. The van der Waals surface area contributed by atoms with Gasteiger partial charge in [-0.2, -0.15) is 0 Å². The summed E-state index contributed by atoms with van der Waals surface area (Å²) < 4.78 is 13.0. The van der Waals surface area contributed by atoms with Crippen LogP contribution in [0.5, 0.6) is 0 Å². The van der Waals surface area contributed by atoms with Crippen LogP contribution in [0.2, 0.25) is 0 Å². The van der Waals surface area contributed by atoms with E-state index >= 15 is 0 Å². The Morgan fingerprint density at radius 3 is 2.96 bits per heavy atom. The van der Waals surface area contributed by atoms with Crippen molar-refractivity contribution in [3.05, 3.63) is 77.9 Å². The van der Waals surface area contributed by atoms with E-state index in [2.05, 4.69) is 44.9 Å². The normalized spacial score (nSPS) is 17.4. The fourth-order valence-corrected chi connectivity index (χ4v) is 3.10. The number of nitrogens with zero attached hydrogens (tertiary/aromatic N) is 2. The second kappa shape index (κ2) is 6.92. The number of nitrogens with one attached hydrogen (secondary N) is 1. The second-order valence-electron chi connectivity index (χ2n) is 6.14. The van der Waals surface area contributed by atoms with Crippen molar-refractivity contribution in [2.75, 3.05) is 6.54 Å². The molecule has 3 heterocycles. The highest BCUT2D eigenvalue weighted by Gasteiger charge is 2.19. The Labute approximate surface area is 146 Å². The molecule has 25 heavy (non-hydrogen) atoms. The molecule has 4 heteroatoms. The van der Waals surface area contributed by atoms with E-state index in [-0.39, 0.29) is 11.9 Å². The molecule has 124 valence electrons. The molecule has 2 aromatic heterocycles. The fraction of sp³-hybridized carbons (Fsp3) is 0.190. The number of hydrogen-bond donors (Lipinski definition) is 1. The lowest BCUT2D eigenvalue weighted by Gasteiger charge is -2.29. The monoisotopic (exact) mass is 331 g/mol. The van der Waals surface area contributed by atoms with E-state index in [1.54, 1.807) is 18.3 Å². The molecule has 0 radical (unpaired) electrons. The highest BCUT2D eigenvalue weighted by molar-refractivity contribution is 5.79. The van der Waals surface area contributed by atoms with Gasteiger partial charge in [0.05, 0.1) is 6.04 Å². The lowest BCUT2D eigenvalue weighted by molar-refractivity contribution is 0.244. The Balaban J connectivity index is 1.55. The SMILES string of the molecule is Fc1ccc(C#CC2CC=CCN2Cc2c[nH]c3ncccc23)cc1. The molecule has 0 bridgehead atoms. The van der Waals surface area contributed by atoms with Crippen LogP contribution < -0.4 is 0 Å². The average molecular weight is 331 g/mol. The predicted octanol–water partition coefficient (Wildman–Crippen LogP) is 3.88. The molecule has 1 unspecified atom stereocenters. The molecular formula is C21H18FN3. The Bertz CT molecular complexity index is 960. The Morgan fingerprint density at radius 2 is 2.08 bits per heavy atom. The van der Waals surface area contributed by atoms with Crippen molar-refractivity contribution in [2.24, 2.45) is 0 Å². The minimum atomic E-state index is -0.235. The van der Waals surface area contributed by atoms with Crippen molar-refractivity contribution in [2.45, 2.75) is 19.0 Å². The van der Waals surface area contributed by atoms with Crippen molar-refractivity contribution in [3.63, 3.8) is 0 Å². The van der Waals surface area contributed by atoms with Crippen LogP contribution in [0.25, 0.3) is 11.0 Å². The van der Waals surface area contributed by atoms with Gasteiger partial charge in [0.25, 0.3) is 0 Å². The molecule has 3 aromatic rings. The van der Waals surface area contributed by atoms with E-state index in [4.69, 9.17) is 0 Å². The molecular weight excluding hydrogens is 313 g/mol. The Morgan fingerprint density at radius 1 is 1.20 bits per heavy atom. The van der Waals surface area contributed by atoms with Crippen LogP contribution in [-0.2, 0) is 6.54 Å². The molecule has 0 aliphatic carbocycles. The third-order valence-electron chi connectivity index (χ3n) is 4.44. The average Bonchev–Trinajstić information content (AvgIpc) is 3.05. The van der Waals surface area contributed by atoms with Gasteiger partial charge in [-0.1, -0.05) is 24.0 Å². The topological polar surface area (TPSA) is 31.9 Å². The predicted molar refractivity (Wildman–Crippen MR) is 97.3 cm³/mol. The fourth-order valence-electron chi connectivity index (χ4n) is 3.10. The summed E-state index contributed by atoms with van der Waals surface area (Å²) in [4.78, 5) is 9.93. The van der Waals surface area contributed by atoms with Crippen molar-refractivity contribution >= 4 is 11.0 Å². The first-order valence-electron chi connectivity index (χ1n) is 8.37. The summed E-state index contributed by atoms with van der Waals surface area (Å²) in [7, 11) is 0. The molecule has 4 rings (SSSR count). The highest BCUT2D eigenvalue weighted by atomic mass is 19.1. The van der Waals surface area contributed by atoms with E-state index in [0.717, 1.165) is 36.1 Å². The van der Waals surface area contributed by atoms with Crippen LogP contribution in [0.4, 0.5) is 4.39 Å². The summed E-state index contributed by atoms with van der Waals surface area (Å²) in [6, 6.07) is 10.5. The number of benzene rings is 1. The summed E-state index contributed by atoms with van der Waals surface area (Å²) in [5, 5.41) is 1.15. The standard InChI is InChI=1S/C21H18FN3/c22-18-9-6-16(7-10-18)8-11-19-4-1-2-13-25(19)15-17-14-24-21-20(17)5-3-12-23-21/h1-3,5-7,9-10,12,14,19H,4,13,15H2,(H,23,24). The van der Waals surface area contributed by atoms with E-state index < -0.39 is 0 Å². The van der Waals surface area contributed by atoms with Crippen LogP contribution in [0.3, 0.4) is 0 Å². The smallest absolute Gasteiger partial charge is 0.137 e. The van der Waals surface area contributed by atoms with Crippen LogP contribution >= 0.6 is 0 Å².